The van der Waals surface area contributed by atoms with E-state index < -0.39 is 0 Å². The first-order chi connectivity index (χ1) is 12.2. The molecule has 2 aliphatic rings. The van der Waals surface area contributed by atoms with Crippen LogP contribution < -0.4 is 4.57 Å². The minimum absolute atomic E-state index is 0.221. The predicted octanol–water partition coefficient (Wildman–Crippen LogP) is 5.66. The molecule has 2 aromatic carbocycles. The molecule has 1 saturated carbocycles. The SMILES string of the molecule is CCC12CCC1(CC)[n+]1c(cc(C)c3ccccc31)-c1ccccc12. The smallest absolute Gasteiger partial charge is 0.185 e. The van der Waals surface area contributed by atoms with Crippen LogP contribution in [0, 0.1) is 6.92 Å². The van der Waals surface area contributed by atoms with Gasteiger partial charge in [-0.05, 0) is 43.0 Å². The van der Waals surface area contributed by atoms with E-state index in [-0.39, 0.29) is 11.0 Å². The molecule has 25 heavy (non-hydrogen) atoms. The van der Waals surface area contributed by atoms with E-state index in [4.69, 9.17) is 0 Å². The van der Waals surface area contributed by atoms with Gasteiger partial charge < -0.3 is 0 Å². The van der Waals surface area contributed by atoms with Crippen molar-refractivity contribution in [3.8, 4) is 11.3 Å². The fraction of sp³-hybridized carbons (Fsp3) is 0.375. The van der Waals surface area contributed by atoms with Gasteiger partial charge in [0, 0.05) is 30.4 Å². The Morgan fingerprint density at radius 3 is 2.40 bits per heavy atom. The molecule has 0 saturated heterocycles. The van der Waals surface area contributed by atoms with E-state index in [0.717, 1.165) is 0 Å². The van der Waals surface area contributed by atoms with Gasteiger partial charge in [-0.3, -0.25) is 0 Å². The average Bonchev–Trinajstić information content (AvgIpc) is 2.64. The van der Waals surface area contributed by atoms with Gasteiger partial charge in [0.1, 0.15) is 0 Å². The van der Waals surface area contributed by atoms with Crippen molar-refractivity contribution < 1.29 is 4.57 Å². The summed E-state index contributed by atoms with van der Waals surface area (Å²) in [6, 6.07) is 20.6. The van der Waals surface area contributed by atoms with E-state index in [2.05, 4.69) is 79.9 Å². The van der Waals surface area contributed by atoms with Crippen molar-refractivity contribution in [2.24, 2.45) is 0 Å². The maximum atomic E-state index is 2.73. The first-order valence-corrected chi connectivity index (χ1v) is 9.73. The van der Waals surface area contributed by atoms with Crippen LogP contribution in [0.4, 0.5) is 0 Å². The molecular formula is C24H26N+. The second kappa shape index (κ2) is 4.94. The molecule has 1 aliphatic heterocycles. The fourth-order valence-corrected chi connectivity index (χ4v) is 6.06. The van der Waals surface area contributed by atoms with Crippen LogP contribution >= 0.6 is 0 Å². The third kappa shape index (κ3) is 1.58. The lowest BCUT2D eigenvalue weighted by atomic mass is 9.47. The van der Waals surface area contributed by atoms with Crippen molar-refractivity contribution >= 4 is 10.9 Å². The third-order valence-corrected chi connectivity index (χ3v) is 7.36. The minimum atomic E-state index is 0.221. The molecule has 0 bridgehead atoms. The Labute approximate surface area is 150 Å². The minimum Gasteiger partial charge on any atom is -0.185 e. The number of fused-ring (bicyclic) bond motifs is 8. The molecule has 0 amide bonds. The van der Waals surface area contributed by atoms with Gasteiger partial charge in [0.25, 0.3) is 0 Å². The highest BCUT2D eigenvalue weighted by molar-refractivity contribution is 5.82. The lowest BCUT2D eigenvalue weighted by Gasteiger charge is -2.58. The molecule has 1 heteroatoms. The van der Waals surface area contributed by atoms with Crippen LogP contribution in [0.15, 0.2) is 54.6 Å². The van der Waals surface area contributed by atoms with E-state index >= 15 is 0 Å². The highest BCUT2D eigenvalue weighted by Gasteiger charge is 2.68. The summed E-state index contributed by atoms with van der Waals surface area (Å²) in [5, 5.41) is 1.40. The highest BCUT2D eigenvalue weighted by Crippen LogP contribution is 2.62. The zero-order valence-electron chi connectivity index (χ0n) is 15.5. The molecule has 1 aliphatic carbocycles. The molecule has 1 aromatic heterocycles. The molecule has 2 heterocycles. The van der Waals surface area contributed by atoms with E-state index in [1.807, 2.05) is 0 Å². The maximum Gasteiger partial charge on any atom is 0.214 e. The van der Waals surface area contributed by atoms with Crippen LogP contribution in [0.25, 0.3) is 22.2 Å². The number of aryl methyl sites for hydroxylation is 1. The standard InChI is InChI=1S/C24H26N/c1-4-23-14-15-24(23,5-2)25-21-13-9-7-10-18(21)17(3)16-22(25)19-11-6-8-12-20(19)23/h6-13,16H,4-5,14-15H2,1-3H3/q+1. The average molecular weight is 328 g/mol. The monoisotopic (exact) mass is 328 g/mol. The highest BCUT2D eigenvalue weighted by atomic mass is 15.1. The number of hydrogen-bond acceptors (Lipinski definition) is 0. The Kier molecular flexibility index (Phi) is 2.99. The lowest BCUT2D eigenvalue weighted by Crippen LogP contribution is -2.75. The quantitative estimate of drug-likeness (QED) is 0.534. The second-order valence-electron chi connectivity index (χ2n) is 7.93. The summed E-state index contributed by atoms with van der Waals surface area (Å²) in [5.74, 6) is 0. The van der Waals surface area contributed by atoms with Gasteiger partial charge in [-0.2, -0.15) is 4.57 Å². The van der Waals surface area contributed by atoms with Crippen molar-refractivity contribution in [2.75, 3.05) is 0 Å². The van der Waals surface area contributed by atoms with Crippen LogP contribution in [-0.4, -0.2) is 0 Å². The topological polar surface area (TPSA) is 3.88 Å². The van der Waals surface area contributed by atoms with Crippen molar-refractivity contribution in [1.29, 1.82) is 0 Å². The number of pyridine rings is 1. The Hall–Kier alpha value is -2.15. The Morgan fingerprint density at radius 1 is 0.920 bits per heavy atom. The number of aromatic nitrogens is 1. The lowest BCUT2D eigenvalue weighted by molar-refractivity contribution is -0.762. The van der Waals surface area contributed by atoms with Crippen molar-refractivity contribution in [3.05, 3.63) is 65.7 Å². The molecule has 2 atom stereocenters. The van der Waals surface area contributed by atoms with Crippen LogP contribution in [0.3, 0.4) is 0 Å². The van der Waals surface area contributed by atoms with Crippen LogP contribution in [0.2, 0.25) is 0 Å². The first-order valence-electron chi connectivity index (χ1n) is 9.73. The van der Waals surface area contributed by atoms with Gasteiger partial charge in [-0.15, -0.1) is 0 Å². The van der Waals surface area contributed by atoms with Gasteiger partial charge in [0.2, 0.25) is 11.2 Å². The largest absolute Gasteiger partial charge is 0.214 e. The van der Waals surface area contributed by atoms with Crippen molar-refractivity contribution in [1.82, 2.24) is 0 Å². The number of hydrogen-bond donors (Lipinski definition) is 0. The summed E-state index contributed by atoms with van der Waals surface area (Å²) in [7, 11) is 0. The summed E-state index contributed by atoms with van der Waals surface area (Å²) in [6.45, 7) is 7.04. The number of rotatable bonds is 2. The summed E-state index contributed by atoms with van der Waals surface area (Å²) >= 11 is 0. The number of para-hydroxylation sites is 1. The van der Waals surface area contributed by atoms with Gasteiger partial charge in [0.05, 0.1) is 11.0 Å². The molecule has 5 rings (SSSR count). The van der Waals surface area contributed by atoms with Gasteiger partial charge >= 0.3 is 0 Å². The maximum absolute atomic E-state index is 2.73. The first kappa shape index (κ1) is 15.1. The van der Waals surface area contributed by atoms with E-state index in [1.54, 1.807) is 5.56 Å². The molecule has 1 nitrogen and oxygen atoms in total. The molecule has 2 unspecified atom stereocenters. The molecule has 0 N–H and O–H groups in total. The fourth-order valence-electron chi connectivity index (χ4n) is 6.06. The van der Waals surface area contributed by atoms with Crippen molar-refractivity contribution in [2.45, 2.75) is 57.4 Å². The van der Waals surface area contributed by atoms with E-state index in [9.17, 15) is 0 Å². The summed E-state index contributed by atoms with van der Waals surface area (Å²) in [4.78, 5) is 0. The molecule has 1 fully saturated rings. The van der Waals surface area contributed by atoms with E-state index in [1.165, 1.54) is 53.4 Å². The van der Waals surface area contributed by atoms with Crippen LogP contribution in [0.1, 0.15) is 50.7 Å². The summed E-state index contributed by atoms with van der Waals surface area (Å²) in [5.41, 5.74) is 7.74. The third-order valence-electron chi connectivity index (χ3n) is 7.36. The molecule has 3 aromatic rings. The molecule has 126 valence electrons. The molecule has 0 spiro atoms. The Morgan fingerprint density at radius 2 is 1.68 bits per heavy atom. The zero-order valence-corrected chi connectivity index (χ0v) is 15.5. The number of benzene rings is 2. The summed E-state index contributed by atoms with van der Waals surface area (Å²) < 4.78 is 2.73. The molecule has 0 radical (unpaired) electrons. The van der Waals surface area contributed by atoms with Crippen LogP contribution in [0.5, 0.6) is 0 Å². The Balaban J connectivity index is 2.00. The number of nitrogens with zero attached hydrogens (tertiary/aromatic N) is 1. The summed E-state index contributed by atoms with van der Waals surface area (Å²) in [6.07, 6.45) is 5.01. The van der Waals surface area contributed by atoms with Crippen molar-refractivity contribution in [3.63, 3.8) is 0 Å². The van der Waals surface area contributed by atoms with Crippen LogP contribution in [-0.2, 0) is 11.0 Å². The van der Waals surface area contributed by atoms with Gasteiger partial charge in [-0.25, -0.2) is 0 Å². The predicted molar refractivity (Wildman–Crippen MR) is 104 cm³/mol. The molecular weight excluding hydrogens is 302 g/mol. The van der Waals surface area contributed by atoms with E-state index in [0.29, 0.717) is 0 Å². The Bertz CT molecular complexity index is 994. The second-order valence-corrected chi connectivity index (χ2v) is 7.93. The zero-order chi connectivity index (χ0) is 17.2. The van der Waals surface area contributed by atoms with Gasteiger partial charge in [0.15, 0.2) is 5.54 Å². The van der Waals surface area contributed by atoms with Gasteiger partial charge in [-0.1, -0.05) is 44.2 Å². The normalized spacial score (nSPS) is 26.5.